The number of phenols is 1. The van der Waals surface area contributed by atoms with Crippen LogP contribution in [0.3, 0.4) is 0 Å². The lowest BCUT2D eigenvalue weighted by Gasteiger charge is -2.42. The number of rotatable bonds is 7. The first-order chi connectivity index (χ1) is 18.8. The molecule has 3 aliphatic heterocycles. The number of likely N-dealkylation sites (tertiary alicyclic amines) is 1. The summed E-state index contributed by atoms with van der Waals surface area (Å²) >= 11 is 0. The quantitative estimate of drug-likeness (QED) is 0.413. The second-order valence-corrected chi connectivity index (χ2v) is 10.9. The highest BCUT2D eigenvalue weighted by atomic mass is 19.3. The van der Waals surface area contributed by atoms with Crippen molar-refractivity contribution in [1.82, 2.24) is 19.7 Å². The largest absolute Gasteiger partial charge is 0.508 e. The van der Waals surface area contributed by atoms with Crippen LogP contribution < -0.4 is 4.74 Å². The van der Waals surface area contributed by atoms with E-state index in [1.165, 1.54) is 30.2 Å². The average Bonchev–Trinajstić information content (AvgIpc) is 3.35. The number of urea groups is 1. The minimum Gasteiger partial charge on any atom is -0.508 e. The molecule has 0 aliphatic carbocycles. The fourth-order valence-corrected chi connectivity index (χ4v) is 6.54. The van der Waals surface area contributed by atoms with Gasteiger partial charge in [0.2, 0.25) is 0 Å². The molecule has 206 valence electrons. The Balaban J connectivity index is 1.39. The summed E-state index contributed by atoms with van der Waals surface area (Å²) in [6.07, 6.45) is 4.52. The van der Waals surface area contributed by atoms with E-state index < -0.39 is 18.2 Å². The standard InChI is InChI=1S/C29H32F2N4O4/c1-29-17-22-21-16-20(39-27(30)31)9-10-23(21)32-24(22)25(18-7-5-8-19(36)15-18)35(29)28(38)34(26(29)37)14-6-13-33-11-3-2-4-12-33/h5,7-10,15-16,25,27,32,36H,2-4,6,11-14,17H2,1H3/t25?,29-/m0/s1. The van der Waals surface area contributed by atoms with Gasteiger partial charge in [0.25, 0.3) is 5.91 Å². The Kier molecular flexibility index (Phi) is 6.45. The van der Waals surface area contributed by atoms with E-state index in [-0.39, 0.29) is 29.9 Å². The third kappa shape index (κ3) is 4.40. The fourth-order valence-electron chi connectivity index (χ4n) is 6.54. The number of aromatic amines is 1. The highest BCUT2D eigenvalue weighted by Crippen LogP contribution is 2.49. The van der Waals surface area contributed by atoms with E-state index >= 15 is 0 Å². The van der Waals surface area contributed by atoms with E-state index in [1.807, 2.05) is 6.07 Å². The normalized spacial score (nSPS) is 23.5. The number of ether oxygens (including phenoxy) is 1. The minimum atomic E-state index is -2.96. The molecule has 1 aromatic heterocycles. The van der Waals surface area contributed by atoms with Gasteiger partial charge in [0, 0.05) is 29.6 Å². The van der Waals surface area contributed by atoms with Gasteiger partial charge < -0.3 is 19.7 Å². The second kappa shape index (κ2) is 9.82. The van der Waals surface area contributed by atoms with Gasteiger partial charge in [0.05, 0.1) is 0 Å². The van der Waals surface area contributed by atoms with Gasteiger partial charge in [-0.25, -0.2) is 4.79 Å². The van der Waals surface area contributed by atoms with Crippen LogP contribution in [0.15, 0.2) is 42.5 Å². The molecular formula is C29H32F2N4O4. The van der Waals surface area contributed by atoms with Crippen molar-refractivity contribution < 1.29 is 28.2 Å². The number of aromatic hydroxyl groups is 1. The average molecular weight is 539 g/mol. The Labute approximate surface area is 225 Å². The summed E-state index contributed by atoms with van der Waals surface area (Å²) in [4.78, 5) is 36.6. The van der Waals surface area contributed by atoms with E-state index in [9.17, 15) is 23.5 Å². The number of nitrogens with one attached hydrogen (secondary N) is 1. The number of amides is 3. The monoisotopic (exact) mass is 538 g/mol. The van der Waals surface area contributed by atoms with Gasteiger partial charge in [-0.05, 0) is 87.3 Å². The summed E-state index contributed by atoms with van der Waals surface area (Å²) in [7, 11) is 0. The highest BCUT2D eigenvalue weighted by Gasteiger charge is 2.60. The van der Waals surface area contributed by atoms with Crippen LogP contribution in [0.1, 0.15) is 55.5 Å². The van der Waals surface area contributed by atoms with E-state index in [1.54, 1.807) is 42.2 Å². The number of alkyl halides is 2. The highest BCUT2D eigenvalue weighted by molar-refractivity contribution is 6.08. The Morgan fingerprint density at radius 2 is 1.90 bits per heavy atom. The van der Waals surface area contributed by atoms with E-state index in [4.69, 9.17) is 0 Å². The first-order valence-electron chi connectivity index (χ1n) is 13.5. The third-order valence-electron chi connectivity index (χ3n) is 8.35. The molecule has 0 spiro atoms. The second-order valence-electron chi connectivity index (χ2n) is 10.9. The van der Waals surface area contributed by atoms with Crippen LogP contribution in [-0.4, -0.2) is 75.1 Å². The van der Waals surface area contributed by atoms with Crippen LogP contribution in [0, 0.1) is 0 Å². The Morgan fingerprint density at radius 1 is 1.10 bits per heavy atom. The number of benzene rings is 2. The minimum absolute atomic E-state index is 0.0222. The van der Waals surface area contributed by atoms with Crippen LogP contribution in [-0.2, 0) is 11.2 Å². The maximum Gasteiger partial charge on any atom is 0.387 e. The first-order valence-corrected chi connectivity index (χ1v) is 13.5. The van der Waals surface area contributed by atoms with Crippen molar-refractivity contribution in [1.29, 1.82) is 0 Å². The molecule has 3 aliphatic rings. The number of carbonyl (C=O) groups is 2. The molecule has 1 unspecified atom stereocenters. The Morgan fingerprint density at radius 3 is 2.64 bits per heavy atom. The lowest BCUT2D eigenvalue weighted by Crippen LogP contribution is -2.53. The Hall–Kier alpha value is -3.66. The number of imide groups is 1. The van der Waals surface area contributed by atoms with Crippen LogP contribution >= 0.6 is 0 Å². The molecule has 10 heteroatoms. The van der Waals surface area contributed by atoms with Gasteiger partial charge in [-0.1, -0.05) is 18.6 Å². The summed E-state index contributed by atoms with van der Waals surface area (Å²) in [5.41, 5.74) is 1.62. The number of H-pyrrole nitrogens is 1. The van der Waals surface area contributed by atoms with Crippen LogP contribution in [0.4, 0.5) is 13.6 Å². The zero-order valence-electron chi connectivity index (χ0n) is 21.8. The zero-order chi connectivity index (χ0) is 27.3. The topological polar surface area (TPSA) is 89.1 Å². The number of piperidine rings is 1. The smallest absolute Gasteiger partial charge is 0.387 e. The molecule has 39 heavy (non-hydrogen) atoms. The molecule has 8 nitrogen and oxygen atoms in total. The number of hydrogen-bond donors (Lipinski definition) is 2. The summed E-state index contributed by atoms with van der Waals surface area (Å²) in [6, 6.07) is 10.3. The van der Waals surface area contributed by atoms with Gasteiger partial charge in [-0.2, -0.15) is 8.78 Å². The van der Waals surface area contributed by atoms with Gasteiger partial charge in [-0.3, -0.25) is 14.6 Å². The maximum atomic E-state index is 13.9. The molecule has 6 rings (SSSR count). The van der Waals surface area contributed by atoms with Crippen molar-refractivity contribution in [2.45, 2.75) is 57.2 Å². The number of phenolic OH excluding ortho intramolecular Hbond substituents is 1. The summed E-state index contributed by atoms with van der Waals surface area (Å²) in [5, 5.41) is 10.9. The molecule has 3 aromatic rings. The molecule has 2 N–H and O–H groups in total. The molecule has 2 aromatic carbocycles. The van der Waals surface area contributed by atoms with Crippen molar-refractivity contribution >= 4 is 22.8 Å². The maximum absolute atomic E-state index is 13.9. The molecule has 4 heterocycles. The SMILES string of the molecule is C[C@@]12Cc3c([nH]c4ccc(OC(F)F)cc34)C(c3cccc(O)c3)N1C(=O)N(CCCN1CCCCC1)C2=O. The number of hydrogen-bond acceptors (Lipinski definition) is 5. The predicted octanol–water partition coefficient (Wildman–Crippen LogP) is 5.02. The van der Waals surface area contributed by atoms with Crippen LogP contribution in [0.25, 0.3) is 10.9 Å². The van der Waals surface area contributed by atoms with E-state index in [0.717, 1.165) is 25.2 Å². The van der Waals surface area contributed by atoms with Crippen molar-refractivity contribution in [3.63, 3.8) is 0 Å². The summed E-state index contributed by atoms with van der Waals surface area (Å²) < 4.78 is 30.5. The molecule has 2 saturated heterocycles. The van der Waals surface area contributed by atoms with Crippen LogP contribution in [0.2, 0.25) is 0 Å². The summed E-state index contributed by atoms with van der Waals surface area (Å²) in [5.74, 6) is -0.202. The van der Waals surface area contributed by atoms with Gasteiger partial charge >= 0.3 is 12.6 Å². The molecule has 0 radical (unpaired) electrons. The number of carbonyl (C=O) groups excluding carboxylic acids is 2. The molecule has 2 atom stereocenters. The molecule has 0 saturated carbocycles. The molecule has 0 bridgehead atoms. The first kappa shape index (κ1) is 25.6. The van der Waals surface area contributed by atoms with Gasteiger partial charge in [-0.15, -0.1) is 0 Å². The van der Waals surface area contributed by atoms with E-state index in [2.05, 4.69) is 14.6 Å². The Bertz CT molecular complexity index is 1420. The number of fused-ring (bicyclic) bond motifs is 4. The molecule has 2 fully saturated rings. The van der Waals surface area contributed by atoms with Crippen LogP contribution in [0.5, 0.6) is 11.5 Å². The number of aromatic nitrogens is 1. The lowest BCUT2D eigenvalue weighted by atomic mass is 9.81. The number of halogens is 2. The number of nitrogens with zero attached hydrogens (tertiary/aromatic N) is 3. The van der Waals surface area contributed by atoms with Crippen molar-refractivity contribution in [2.24, 2.45) is 0 Å². The molecule has 3 amide bonds. The predicted molar refractivity (Wildman–Crippen MR) is 141 cm³/mol. The summed E-state index contributed by atoms with van der Waals surface area (Å²) in [6.45, 7) is 2.07. The van der Waals surface area contributed by atoms with Crippen molar-refractivity contribution in [3.05, 3.63) is 59.3 Å². The van der Waals surface area contributed by atoms with E-state index in [0.29, 0.717) is 35.1 Å². The lowest BCUT2D eigenvalue weighted by molar-refractivity contribution is -0.133. The zero-order valence-corrected chi connectivity index (χ0v) is 21.8. The molecular weight excluding hydrogens is 506 g/mol. The third-order valence-corrected chi connectivity index (χ3v) is 8.35. The van der Waals surface area contributed by atoms with Gasteiger partial charge in [0.15, 0.2) is 0 Å². The van der Waals surface area contributed by atoms with Gasteiger partial charge in [0.1, 0.15) is 23.1 Å². The van der Waals surface area contributed by atoms with Crippen molar-refractivity contribution in [2.75, 3.05) is 26.2 Å². The fraction of sp³-hybridized carbons (Fsp3) is 0.448. The van der Waals surface area contributed by atoms with Crippen molar-refractivity contribution in [3.8, 4) is 11.5 Å².